The number of carbonyl (C=O) groups is 2. The van der Waals surface area contributed by atoms with Gasteiger partial charge >= 0.3 is 5.97 Å². The first-order valence-electron chi connectivity index (χ1n) is 9.77. The maximum absolute atomic E-state index is 12.5. The molecule has 142 valence electrons. The van der Waals surface area contributed by atoms with Crippen LogP contribution in [0.3, 0.4) is 0 Å². The molecule has 1 aromatic rings. The van der Waals surface area contributed by atoms with E-state index in [1.54, 1.807) is 4.90 Å². The van der Waals surface area contributed by atoms with Crippen LogP contribution in [-0.4, -0.2) is 36.1 Å². The molecule has 3 rings (SSSR count). The Bertz CT molecular complexity index is 658. The summed E-state index contributed by atoms with van der Waals surface area (Å²) in [6, 6.07) is 7.47. The Labute approximate surface area is 156 Å². The zero-order chi connectivity index (χ0) is 18.7. The first kappa shape index (κ1) is 18.7. The lowest BCUT2D eigenvalue weighted by Gasteiger charge is -2.37. The highest BCUT2D eigenvalue weighted by Crippen LogP contribution is 2.35. The summed E-state index contributed by atoms with van der Waals surface area (Å²) >= 11 is 0. The second kappa shape index (κ2) is 8.11. The van der Waals surface area contributed by atoms with Crippen LogP contribution in [0.1, 0.15) is 56.8 Å². The number of benzene rings is 1. The quantitative estimate of drug-likeness (QED) is 0.811. The molecule has 26 heavy (non-hydrogen) atoms. The van der Waals surface area contributed by atoms with E-state index in [2.05, 4.69) is 26.1 Å². The number of ether oxygens (including phenoxy) is 1. The van der Waals surface area contributed by atoms with Crippen molar-refractivity contribution in [1.29, 1.82) is 0 Å². The van der Waals surface area contributed by atoms with E-state index < -0.39 is 0 Å². The second-order valence-corrected chi connectivity index (χ2v) is 8.05. The van der Waals surface area contributed by atoms with Crippen LogP contribution in [0.5, 0.6) is 0 Å². The van der Waals surface area contributed by atoms with E-state index in [-0.39, 0.29) is 24.4 Å². The Morgan fingerprint density at radius 3 is 2.85 bits per heavy atom. The van der Waals surface area contributed by atoms with Gasteiger partial charge in [0.25, 0.3) is 5.91 Å². The fourth-order valence-electron chi connectivity index (χ4n) is 4.13. The third-order valence-corrected chi connectivity index (χ3v) is 5.74. The van der Waals surface area contributed by atoms with E-state index in [9.17, 15) is 9.59 Å². The van der Waals surface area contributed by atoms with E-state index in [0.29, 0.717) is 36.5 Å². The average molecular weight is 358 g/mol. The minimum Gasteiger partial charge on any atom is -0.462 e. The number of esters is 1. The fourth-order valence-corrected chi connectivity index (χ4v) is 4.13. The number of nitrogens with zero attached hydrogens (tertiary/aromatic N) is 1. The molecule has 1 N–H and O–H groups in total. The molecule has 0 unspecified atom stereocenters. The topological polar surface area (TPSA) is 58.6 Å². The first-order valence-corrected chi connectivity index (χ1v) is 9.77. The maximum Gasteiger partial charge on any atom is 0.307 e. The number of para-hydroxylation sites is 1. The van der Waals surface area contributed by atoms with Gasteiger partial charge in [-0.25, -0.2) is 0 Å². The molecular weight excluding hydrogens is 328 g/mol. The van der Waals surface area contributed by atoms with Crippen LogP contribution in [0, 0.1) is 17.8 Å². The van der Waals surface area contributed by atoms with Crippen LogP contribution in [0.4, 0.5) is 5.69 Å². The van der Waals surface area contributed by atoms with Crippen molar-refractivity contribution in [3.63, 3.8) is 0 Å². The van der Waals surface area contributed by atoms with Crippen molar-refractivity contribution in [1.82, 2.24) is 4.90 Å². The Morgan fingerprint density at radius 2 is 2.08 bits per heavy atom. The summed E-state index contributed by atoms with van der Waals surface area (Å²) in [6.45, 7) is 7.45. The minimum absolute atomic E-state index is 0.0159. The summed E-state index contributed by atoms with van der Waals surface area (Å²) in [5, 5.41) is 3.23. The van der Waals surface area contributed by atoms with Crippen LogP contribution >= 0.6 is 0 Å². The van der Waals surface area contributed by atoms with Gasteiger partial charge in [-0.15, -0.1) is 0 Å². The molecule has 3 atom stereocenters. The maximum atomic E-state index is 12.5. The van der Waals surface area contributed by atoms with Gasteiger partial charge in [0.15, 0.2) is 0 Å². The molecule has 0 saturated heterocycles. The molecule has 0 aromatic heterocycles. The SMILES string of the molecule is CC(C)[C@@H]1CC[C@@H](C)C[C@H]1OC(=O)CCN1CNc2ccccc2C1=O. The third kappa shape index (κ3) is 4.19. The van der Waals surface area contributed by atoms with Gasteiger partial charge in [0.05, 0.1) is 18.7 Å². The Balaban J connectivity index is 1.53. The number of amides is 1. The van der Waals surface area contributed by atoms with Crippen molar-refractivity contribution in [2.75, 3.05) is 18.5 Å². The number of anilines is 1. The molecular formula is C21H30N2O3. The van der Waals surface area contributed by atoms with Gasteiger partial charge in [-0.3, -0.25) is 9.59 Å². The van der Waals surface area contributed by atoms with E-state index in [4.69, 9.17) is 4.74 Å². The molecule has 1 heterocycles. The molecule has 1 aliphatic heterocycles. The third-order valence-electron chi connectivity index (χ3n) is 5.74. The van der Waals surface area contributed by atoms with Crippen LogP contribution < -0.4 is 5.32 Å². The standard InChI is InChI=1S/C21H30N2O3/c1-14(2)16-9-8-15(3)12-19(16)26-20(24)10-11-23-13-22-18-7-5-4-6-17(18)21(23)25/h4-7,14-16,19,22H,8-13H2,1-3H3/t15-,16+,19-/m1/s1. The van der Waals surface area contributed by atoms with Gasteiger partial charge < -0.3 is 15.0 Å². The molecule has 1 aromatic carbocycles. The summed E-state index contributed by atoms with van der Waals surface area (Å²) in [5.74, 6) is 1.34. The molecule has 1 saturated carbocycles. The van der Waals surface area contributed by atoms with Gasteiger partial charge in [-0.05, 0) is 42.7 Å². The number of hydrogen-bond donors (Lipinski definition) is 1. The zero-order valence-electron chi connectivity index (χ0n) is 16.0. The van der Waals surface area contributed by atoms with Crippen LogP contribution in [0.2, 0.25) is 0 Å². The summed E-state index contributed by atoms with van der Waals surface area (Å²) in [6.07, 6.45) is 3.55. The molecule has 1 fully saturated rings. The number of fused-ring (bicyclic) bond motifs is 1. The highest BCUT2D eigenvalue weighted by Gasteiger charge is 2.33. The van der Waals surface area contributed by atoms with Crippen molar-refractivity contribution >= 4 is 17.6 Å². The van der Waals surface area contributed by atoms with Crippen molar-refractivity contribution in [2.45, 2.75) is 52.6 Å². The monoisotopic (exact) mass is 358 g/mol. The first-order chi connectivity index (χ1) is 12.5. The highest BCUT2D eigenvalue weighted by molar-refractivity contribution is 6.01. The van der Waals surface area contributed by atoms with E-state index in [0.717, 1.165) is 18.5 Å². The summed E-state index contributed by atoms with van der Waals surface area (Å²) < 4.78 is 5.83. The Hall–Kier alpha value is -2.04. The van der Waals surface area contributed by atoms with Gasteiger partial charge in [0, 0.05) is 12.2 Å². The molecule has 0 radical (unpaired) electrons. The minimum atomic E-state index is -0.193. The predicted octanol–water partition coefficient (Wildman–Crippen LogP) is 3.91. The van der Waals surface area contributed by atoms with Gasteiger partial charge in [0.1, 0.15) is 6.10 Å². The molecule has 0 bridgehead atoms. The van der Waals surface area contributed by atoms with Crippen LogP contribution in [0.15, 0.2) is 24.3 Å². The van der Waals surface area contributed by atoms with Gasteiger partial charge in [-0.1, -0.05) is 39.3 Å². The summed E-state index contributed by atoms with van der Waals surface area (Å²) in [5.41, 5.74) is 1.51. The lowest BCUT2D eigenvalue weighted by atomic mass is 9.75. The smallest absolute Gasteiger partial charge is 0.307 e. The normalized spacial score (nSPS) is 25.6. The molecule has 1 aliphatic carbocycles. The largest absolute Gasteiger partial charge is 0.462 e. The second-order valence-electron chi connectivity index (χ2n) is 8.05. The van der Waals surface area contributed by atoms with E-state index in [1.807, 2.05) is 24.3 Å². The van der Waals surface area contributed by atoms with Crippen LogP contribution in [0.25, 0.3) is 0 Å². The summed E-state index contributed by atoms with van der Waals surface area (Å²) in [7, 11) is 0. The van der Waals surface area contributed by atoms with E-state index in [1.165, 1.54) is 6.42 Å². The van der Waals surface area contributed by atoms with Gasteiger partial charge in [-0.2, -0.15) is 0 Å². The average Bonchev–Trinajstić information content (AvgIpc) is 2.61. The fraction of sp³-hybridized carbons (Fsp3) is 0.619. The lowest BCUT2D eigenvalue weighted by molar-refractivity contribution is -0.156. The molecule has 5 nitrogen and oxygen atoms in total. The molecule has 1 amide bonds. The Morgan fingerprint density at radius 1 is 1.31 bits per heavy atom. The number of carbonyl (C=O) groups excluding carboxylic acids is 2. The van der Waals surface area contributed by atoms with E-state index >= 15 is 0 Å². The molecule has 5 heteroatoms. The van der Waals surface area contributed by atoms with Crippen molar-refractivity contribution in [3.05, 3.63) is 29.8 Å². The summed E-state index contributed by atoms with van der Waals surface area (Å²) in [4.78, 5) is 26.6. The van der Waals surface area contributed by atoms with Crippen LogP contribution in [-0.2, 0) is 9.53 Å². The zero-order valence-corrected chi connectivity index (χ0v) is 16.0. The Kier molecular flexibility index (Phi) is 5.84. The lowest BCUT2D eigenvalue weighted by Crippen LogP contribution is -2.41. The predicted molar refractivity (Wildman–Crippen MR) is 102 cm³/mol. The molecule has 2 aliphatic rings. The molecule has 0 spiro atoms. The highest BCUT2D eigenvalue weighted by atomic mass is 16.5. The van der Waals surface area contributed by atoms with Gasteiger partial charge in [0.2, 0.25) is 0 Å². The number of rotatable bonds is 5. The van der Waals surface area contributed by atoms with Crippen molar-refractivity contribution in [3.8, 4) is 0 Å². The number of hydrogen-bond acceptors (Lipinski definition) is 4. The van der Waals surface area contributed by atoms with Crippen molar-refractivity contribution < 1.29 is 14.3 Å². The number of nitrogens with one attached hydrogen (secondary N) is 1. The van der Waals surface area contributed by atoms with Crippen molar-refractivity contribution in [2.24, 2.45) is 17.8 Å².